The lowest BCUT2D eigenvalue weighted by molar-refractivity contribution is -0.121. The highest BCUT2D eigenvalue weighted by atomic mass is 35.5. The molecule has 20 heavy (non-hydrogen) atoms. The Balaban J connectivity index is 0.00000200. The first-order valence-electron chi connectivity index (χ1n) is 6.64. The SMILES string of the molecule is CNCCC(=O)NC(C)c1cccc2ccccc12.Cl. The highest BCUT2D eigenvalue weighted by Gasteiger charge is 2.11. The van der Waals surface area contributed by atoms with E-state index in [1.54, 1.807) is 0 Å². The molecule has 1 atom stereocenters. The molecule has 1 unspecified atom stereocenters. The van der Waals surface area contributed by atoms with Gasteiger partial charge < -0.3 is 10.6 Å². The van der Waals surface area contributed by atoms with E-state index < -0.39 is 0 Å². The van der Waals surface area contributed by atoms with E-state index in [-0.39, 0.29) is 24.4 Å². The van der Waals surface area contributed by atoms with E-state index in [1.807, 2.05) is 32.2 Å². The van der Waals surface area contributed by atoms with Crippen LogP contribution in [0.3, 0.4) is 0 Å². The van der Waals surface area contributed by atoms with Gasteiger partial charge in [0.05, 0.1) is 6.04 Å². The topological polar surface area (TPSA) is 41.1 Å². The number of amides is 1. The number of hydrogen-bond donors (Lipinski definition) is 2. The average molecular weight is 293 g/mol. The first-order chi connectivity index (χ1) is 9.22. The number of carbonyl (C=O) groups excluding carboxylic acids is 1. The van der Waals surface area contributed by atoms with E-state index in [0.717, 1.165) is 5.56 Å². The second kappa shape index (κ2) is 7.88. The molecule has 2 N–H and O–H groups in total. The number of hydrogen-bond acceptors (Lipinski definition) is 2. The minimum Gasteiger partial charge on any atom is -0.350 e. The molecule has 0 bridgehead atoms. The second-order valence-corrected chi connectivity index (χ2v) is 4.71. The molecule has 2 rings (SSSR count). The predicted molar refractivity (Wildman–Crippen MR) is 86.3 cm³/mol. The first kappa shape index (κ1) is 16.5. The molecule has 0 heterocycles. The van der Waals surface area contributed by atoms with Crippen molar-refractivity contribution in [2.75, 3.05) is 13.6 Å². The molecule has 3 nitrogen and oxygen atoms in total. The number of benzene rings is 2. The van der Waals surface area contributed by atoms with Crippen molar-refractivity contribution in [1.82, 2.24) is 10.6 Å². The first-order valence-corrected chi connectivity index (χ1v) is 6.64. The van der Waals surface area contributed by atoms with Gasteiger partial charge in [-0.1, -0.05) is 42.5 Å². The fraction of sp³-hybridized carbons (Fsp3) is 0.312. The highest BCUT2D eigenvalue weighted by Crippen LogP contribution is 2.23. The van der Waals surface area contributed by atoms with Crippen LogP contribution >= 0.6 is 12.4 Å². The Labute approximate surface area is 126 Å². The Hall–Kier alpha value is -1.58. The standard InChI is InChI=1S/C16H20N2O.ClH/c1-12(18-16(19)10-11-17-2)14-9-5-7-13-6-3-4-8-15(13)14;/h3-9,12,17H,10-11H2,1-2H3,(H,18,19);1H. The van der Waals surface area contributed by atoms with Gasteiger partial charge in [0.2, 0.25) is 5.91 Å². The van der Waals surface area contributed by atoms with Crippen LogP contribution in [0.4, 0.5) is 0 Å². The number of halogens is 1. The summed E-state index contributed by atoms with van der Waals surface area (Å²) < 4.78 is 0. The molecule has 0 fully saturated rings. The van der Waals surface area contributed by atoms with Gasteiger partial charge in [-0.2, -0.15) is 0 Å². The summed E-state index contributed by atoms with van der Waals surface area (Å²) >= 11 is 0. The zero-order valence-electron chi connectivity index (χ0n) is 11.8. The molecule has 0 aliphatic rings. The largest absolute Gasteiger partial charge is 0.350 e. The Bertz CT molecular complexity index is 566. The molecule has 0 aliphatic heterocycles. The lowest BCUT2D eigenvalue weighted by Crippen LogP contribution is -2.29. The molecule has 1 amide bonds. The maximum Gasteiger partial charge on any atom is 0.221 e. The van der Waals surface area contributed by atoms with Crippen LogP contribution in [-0.4, -0.2) is 19.5 Å². The van der Waals surface area contributed by atoms with E-state index in [4.69, 9.17) is 0 Å². The second-order valence-electron chi connectivity index (χ2n) is 4.71. The molecule has 0 aromatic heterocycles. The molecule has 0 spiro atoms. The molecule has 2 aromatic rings. The van der Waals surface area contributed by atoms with Crippen molar-refractivity contribution in [2.24, 2.45) is 0 Å². The third kappa shape index (κ3) is 3.95. The van der Waals surface area contributed by atoms with Crippen molar-refractivity contribution < 1.29 is 4.79 Å². The maximum atomic E-state index is 11.8. The van der Waals surface area contributed by atoms with Crippen LogP contribution < -0.4 is 10.6 Å². The number of rotatable bonds is 5. The number of fused-ring (bicyclic) bond motifs is 1. The van der Waals surface area contributed by atoms with Crippen molar-refractivity contribution in [3.63, 3.8) is 0 Å². The molecule has 0 radical (unpaired) electrons. The van der Waals surface area contributed by atoms with Gasteiger partial charge in [0.15, 0.2) is 0 Å². The van der Waals surface area contributed by atoms with Gasteiger partial charge in [-0.25, -0.2) is 0 Å². The van der Waals surface area contributed by atoms with Crippen molar-refractivity contribution in [3.05, 3.63) is 48.0 Å². The number of carbonyl (C=O) groups is 1. The Morgan fingerprint density at radius 3 is 2.60 bits per heavy atom. The summed E-state index contributed by atoms with van der Waals surface area (Å²) in [5, 5.41) is 8.43. The molecular formula is C16H21ClN2O. The lowest BCUT2D eigenvalue weighted by atomic mass is 9.99. The predicted octanol–water partition coefficient (Wildman–Crippen LogP) is 3.05. The summed E-state index contributed by atoms with van der Waals surface area (Å²) in [6, 6.07) is 14.5. The van der Waals surface area contributed by atoms with Crippen LogP contribution in [-0.2, 0) is 4.79 Å². The Morgan fingerprint density at radius 2 is 1.85 bits per heavy atom. The van der Waals surface area contributed by atoms with Crippen LogP contribution in [0.5, 0.6) is 0 Å². The minimum absolute atomic E-state index is 0. The minimum atomic E-state index is 0. The molecule has 108 valence electrons. The fourth-order valence-electron chi connectivity index (χ4n) is 2.26. The van der Waals surface area contributed by atoms with Crippen LogP contribution in [0.15, 0.2) is 42.5 Å². The maximum absolute atomic E-state index is 11.8. The van der Waals surface area contributed by atoms with Crippen LogP contribution in [0.2, 0.25) is 0 Å². The molecule has 4 heteroatoms. The van der Waals surface area contributed by atoms with Gasteiger partial charge >= 0.3 is 0 Å². The van der Waals surface area contributed by atoms with Crippen molar-refractivity contribution in [3.8, 4) is 0 Å². The van der Waals surface area contributed by atoms with Gasteiger partial charge in [0.25, 0.3) is 0 Å². The highest BCUT2D eigenvalue weighted by molar-refractivity contribution is 5.87. The van der Waals surface area contributed by atoms with E-state index in [9.17, 15) is 4.79 Å². The van der Waals surface area contributed by atoms with Gasteiger partial charge in [-0.15, -0.1) is 12.4 Å². The van der Waals surface area contributed by atoms with Gasteiger partial charge in [-0.05, 0) is 30.3 Å². The summed E-state index contributed by atoms with van der Waals surface area (Å²) in [5.74, 6) is 0.0785. The zero-order chi connectivity index (χ0) is 13.7. The van der Waals surface area contributed by atoms with Crippen molar-refractivity contribution >= 4 is 29.1 Å². The lowest BCUT2D eigenvalue weighted by Gasteiger charge is -2.16. The molecular weight excluding hydrogens is 272 g/mol. The normalized spacial score (nSPS) is 11.7. The molecule has 2 aromatic carbocycles. The number of nitrogens with one attached hydrogen (secondary N) is 2. The van der Waals surface area contributed by atoms with E-state index in [0.29, 0.717) is 13.0 Å². The summed E-state index contributed by atoms with van der Waals surface area (Å²) in [5.41, 5.74) is 1.16. The van der Waals surface area contributed by atoms with Crippen LogP contribution in [0.25, 0.3) is 10.8 Å². The quantitative estimate of drug-likeness (QED) is 0.889. The molecule has 0 aliphatic carbocycles. The Kier molecular flexibility index (Phi) is 6.49. The summed E-state index contributed by atoms with van der Waals surface area (Å²) in [6.07, 6.45) is 0.506. The third-order valence-electron chi connectivity index (χ3n) is 3.27. The van der Waals surface area contributed by atoms with E-state index in [1.165, 1.54) is 10.8 Å². The van der Waals surface area contributed by atoms with E-state index >= 15 is 0 Å². The van der Waals surface area contributed by atoms with E-state index in [2.05, 4.69) is 34.9 Å². The zero-order valence-corrected chi connectivity index (χ0v) is 12.7. The van der Waals surface area contributed by atoms with Crippen molar-refractivity contribution in [1.29, 1.82) is 0 Å². The summed E-state index contributed by atoms with van der Waals surface area (Å²) in [7, 11) is 1.85. The monoisotopic (exact) mass is 292 g/mol. The smallest absolute Gasteiger partial charge is 0.221 e. The summed E-state index contributed by atoms with van der Waals surface area (Å²) in [4.78, 5) is 11.8. The van der Waals surface area contributed by atoms with Gasteiger partial charge in [0.1, 0.15) is 0 Å². The third-order valence-corrected chi connectivity index (χ3v) is 3.27. The fourth-order valence-corrected chi connectivity index (χ4v) is 2.26. The van der Waals surface area contributed by atoms with Gasteiger partial charge in [-0.3, -0.25) is 4.79 Å². The van der Waals surface area contributed by atoms with Crippen LogP contribution in [0.1, 0.15) is 24.9 Å². The summed E-state index contributed by atoms with van der Waals surface area (Å²) in [6.45, 7) is 2.73. The Morgan fingerprint density at radius 1 is 1.15 bits per heavy atom. The van der Waals surface area contributed by atoms with Crippen LogP contribution in [0, 0.1) is 0 Å². The average Bonchev–Trinajstić information content (AvgIpc) is 2.44. The molecule has 0 saturated carbocycles. The molecule has 0 saturated heterocycles. The van der Waals surface area contributed by atoms with Gasteiger partial charge in [0, 0.05) is 13.0 Å². The van der Waals surface area contributed by atoms with Crippen molar-refractivity contribution in [2.45, 2.75) is 19.4 Å².